The summed E-state index contributed by atoms with van der Waals surface area (Å²) in [5.74, 6) is 0.512. The number of benzene rings is 1. The molecule has 0 saturated carbocycles. The zero-order valence-electron chi connectivity index (χ0n) is 19.5. The lowest BCUT2D eigenvalue weighted by Crippen LogP contribution is -2.16. The fourth-order valence-electron chi connectivity index (χ4n) is 3.57. The molecule has 0 aliphatic heterocycles. The van der Waals surface area contributed by atoms with Gasteiger partial charge in [-0.1, -0.05) is 35.5 Å². The third-order valence-corrected chi connectivity index (χ3v) is 7.56. The van der Waals surface area contributed by atoms with Crippen LogP contribution in [0, 0.1) is 13.8 Å². The third kappa shape index (κ3) is 5.36. The van der Waals surface area contributed by atoms with E-state index >= 15 is 0 Å². The van der Waals surface area contributed by atoms with Gasteiger partial charge in [0.05, 0.1) is 12.9 Å². The summed E-state index contributed by atoms with van der Waals surface area (Å²) in [5.41, 5.74) is 4.14. The summed E-state index contributed by atoms with van der Waals surface area (Å²) in [6.45, 7) is 6.57. The van der Waals surface area contributed by atoms with Gasteiger partial charge in [-0.15, -0.1) is 21.5 Å². The molecule has 1 aromatic carbocycles. The first-order valence-electron chi connectivity index (χ1n) is 10.7. The summed E-state index contributed by atoms with van der Waals surface area (Å²) in [6, 6.07) is 9.65. The Labute approximate surface area is 219 Å². The van der Waals surface area contributed by atoms with Gasteiger partial charge in [0, 0.05) is 17.5 Å². The number of esters is 1. The highest BCUT2D eigenvalue weighted by Gasteiger charge is 2.24. The maximum atomic E-state index is 12.8. The van der Waals surface area contributed by atoms with E-state index in [1.165, 1.54) is 30.2 Å². The van der Waals surface area contributed by atoms with E-state index in [2.05, 4.69) is 31.4 Å². The van der Waals surface area contributed by atoms with Gasteiger partial charge in [0.1, 0.15) is 10.6 Å². The van der Waals surface area contributed by atoms with Crippen LogP contribution in [0.5, 0.6) is 0 Å². The van der Waals surface area contributed by atoms with Crippen molar-refractivity contribution < 1.29 is 18.7 Å². The van der Waals surface area contributed by atoms with Crippen LogP contribution in [0.25, 0.3) is 22.7 Å². The van der Waals surface area contributed by atoms with Crippen LogP contribution in [-0.2, 0) is 16.1 Å². The van der Waals surface area contributed by atoms with Crippen LogP contribution in [0.15, 0.2) is 50.0 Å². The zero-order chi connectivity index (χ0) is 25.1. The van der Waals surface area contributed by atoms with Crippen LogP contribution in [0.2, 0.25) is 0 Å². The van der Waals surface area contributed by atoms with Crippen molar-refractivity contribution in [3.63, 3.8) is 0 Å². The van der Waals surface area contributed by atoms with Gasteiger partial charge in [0.15, 0.2) is 15.6 Å². The number of amides is 1. The highest BCUT2D eigenvalue weighted by molar-refractivity contribution is 9.10. The van der Waals surface area contributed by atoms with Crippen molar-refractivity contribution in [3.8, 4) is 22.7 Å². The molecular formula is C24H23BrN4O4S2. The number of thioether (sulfide) groups is 1. The Morgan fingerprint density at radius 1 is 1.20 bits per heavy atom. The smallest absolute Gasteiger partial charge is 0.341 e. The van der Waals surface area contributed by atoms with Crippen molar-refractivity contribution in [1.82, 2.24) is 14.8 Å². The molecule has 3 heterocycles. The quantitative estimate of drug-likeness (QED) is 0.198. The molecule has 35 heavy (non-hydrogen) atoms. The number of anilines is 1. The summed E-state index contributed by atoms with van der Waals surface area (Å²) < 4.78 is 13.1. The number of furan rings is 1. The maximum Gasteiger partial charge on any atom is 0.341 e. The Morgan fingerprint density at radius 2 is 2.00 bits per heavy atom. The summed E-state index contributed by atoms with van der Waals surface area (Å²) in [7, 11) is 1.33. The summed E-state index contributed by atoms with van der Waals surface area (Å²) in [5, 5.41) is 14.2. The number of thiophene rings is 1. The number of carbonyl (C=O) groups is 2. The van der Waals surface area contributed by atoms with E-state index in [1.807, 2.05) is 48.9 Å². The fourth-order valence-corrected chi connectivity index (χ4v) is 5.64. The van der Waals surface area contributed by atoms with Gasteiger partial charge in [-0.3, -0.25) is 9.36 Å². The number of hydrogen-bond acceptors (Lipinski definition) is 8. The molecule has 3 aromatic heterocycles. The Morgan fingerprint density at radius 3 is 2.69 bits per heavy atom. The number of rotatable bonds is 8. The minimum Gasteiger partial charge on any atom is -0.465 e. The van der Waals surface area contributed by atoms with Gasteiger partial charge >= 0.3 is 5.97 Å². The molecule has 0 aliphatic carbocycles. The number of hydrogen-bond donors (Lipinski definition) is 1. The molecule has 8 nitrogen and oxygen atoms in total. The SMILES string of the molecule is CCn1c(SCC(=O)Nc2scc(-c3cc(C)ccc3C)c2C(=O)OC)nnc1-c1ccc(Br)o1. The minimum atomic E-state index is -0.495. The number of halogens is 1. The van der Waals surface area contributed by atoms with Crippen LogP contribution in [0.3, 0.4) is 0 Å². The molecule has 0 fully saturated rings. The molecule has 1 N–H and O–H groups in total. The Kier molecular flexibility index (Phi) is 7.78. The first-order chi connectivity index (χ1) is 16.8. The van der Waals surface area contributed by atoms with Crippen LogP contribution in [0.4, 0.5) is 5.00 Å². The molecule has 0 unspecified atom stereocenters. The molecule has 4 aromatic rings. The average Bonchev–Trinajstić information content (AvgIpc) is 3.56. The molecule has 1 amide bonds. The lowest BCUT2D eigenvalue weighted by atomic mass is 9.97. The van der Waals surface area contributed by atoms with Gasteiger partial charge < -0.3 is 14.5 Å². The predicted octanol–water partition coefficient (Wildman–Crippen LogP) is 6.18. The number of nitrogens with one attached hydrogen (secondary N) is 1. The minimum absolute atomic E-state index is 0.0945. The molecule has 0 atom stereocenters. The Hall–Kier alpha value is -2.89. The third-order valence-electron chi connectivity index (χ3n) is 5.28. The van der Waals surface area contributed by atoms with Gasteiger partial charge in [0.25, 0.3) is 0 Å². The fraction of sp³-hybridized carbons (Fsp3) is 0.250. The zero-order valence-corrected chi connectivity index (χ0v) is 22.8. The summed E-state index contributed by atoms with van der Waals surface area (Å²) in [6.07, 6.45) is 0. The van der Waals surface area contributed by atoms with E-state index in [1.54, 1.807) is 12.1 Å². The largest absolute Gasteiger partial charge is 0.465 e. The van der Waals surface area contributed by atoms with Gasteiger partial charge in [-0.2, -0.15) is 0 Å². The van der Waals surface area contributed by atoms with Crippen LogP contribution >= 0.6 is 39.0 Å². The molecule has 0 saturated heterocycles. The standard InChI is InChI=1S/C24H23BrN4O4S2/c1-5-29-21(17-8-9-18(25)33-17)27-28-24(29)35-12-19(30)26-22-20(23(31)32-4)16(11-34-22)15-10-13(2)6-7-14(15)3/h6-11H,5,12H2,1-4H3,(H,26,30). The predicted molar refractivity (Wildman–Crippen MR) is 141 cm³/mol. The number of aromatic nitrogens is 3. The van der Waals surface area contributed by atoms with E-state index in [4.69, 9.17) is 9.15 Å². The van der Waals surface area contributed by atoms with Crippen molar-refractivity contribution >= 4 is 55.9 Å². The lowest BCUT2D eigenvalue weighted by molar-refractivity contribution is -0.113. The highest BCUT2D eigenvalue weighted by atomic mass is 79.9. The Balaban J connectivity index is 1.53. The lowest BCUT2D eigenvalue weighted by Gasteiger charge is -2.10. The normalized spacial score (nSPS) is 11.0. The van der Waals surface area contributed by atoms with Crippen LogP contribution in [-0.4, -0.2) is 39.5 Å². The molecule has 4 rings (SSSR count). The molecule has 0 bridgehead atoms. The van der Waals surface area contributed by atoms with Gasteiger partial charge in [0.2, 0.25) is 11.7 Å². The molecule has 182 valence electrons. The number of carbonyl (C=O) groups excluding carboxylic acids is 2. The van der Waals surface area contributed by atoms with E-state index in [0.717, 1.165) is 22.3 Å². The molecular weight excluding hydrogens is 552 g/mol. The molecule has 11 heteroatoms. The van der Waals surface area contributed by atoms with Crippen molar-refractivity contribution in [3.05, 3.63) is 57.1 Å². The highest BCUT2D eigenvalue weighted by Crippen LogP contribution is 2.38. The monoisotopic (exact) mass is 574 g/mol. The second-order valence-corrected chi connectivity index (χ2v) is 10.3. The van der Waals surface area contributed by atoms with E-state index in [9.17, 15) is 9.59 Å². The topological polar surface area (TPSA) is 99.2 Å². The number of nitrogens with zero attached hydrogens (tertiary/aromatic N) is 3. The number of aryl methyl sites for hydroxylation is 2. The number of ether oxygens (including phenoxy) is 1. The van der Waals surface area contributed by atoms with Gasteiger partial charge in [-0.25, -0.2) is 4.79 Å². The average molecular weight is 576 g/mol. The summed E-state index contributed by atoms with van der Waals surface area (Å²) in [4.78, 5) is 25.5. The second-order valence-electron chi connectivity index (χ2n) is 7.65. The molecule has 0 spiro atoms. The Bertz CT molecular complexity index is 1390. The number of methoxy groups -OCH3 is 1. The van der Waals surface area contributed by atoms with E-state index in [0.29, 0.717) is 38.5 Å². The van der Waals surface area contributed by atoms with Crippen molar-refractivity contribution in [2.75, 3.05) is 18.2 Å². The first kappa shape index (κ1) is 25.2. The second kappa shape index (κ2) is 10.8. The van der Waals surface area contributed by atoms with Crippen molar-refractivity contribution in [1.29, 1.82) is 0 Å². The van der Waals surface area contributed by atoms with Crippen molar-refractivity contribution in [2.45, 2.75) is 32.5 Å². The maximum absolute atomic E-state index is 12.8. The van der Waals surface area contributed by atoms with Crippen LogP contribution in [0.1, 0.15) is 28.4 Å². The first-order valence-corrected chi connectivity index (χ1v) is 13.4. The molecule has 0 aliphatic rings. The van der Waals surface area contributed by atoms with E-state index < -0.39 is 5.97 Å². The summed E-state index contributed by atoms with van der Waals surface area (Å²) >= 11 is 5.85. The van der Waals surface area contributed by atoms with Crippen molar-refractivity contribution in [2.24, 2.45) is 0 Å². The van der Waals surface area contributed by atoms with Gasteiger partial charge in [-0.05, 0) is 60.0 Å². The van der Waals surface area contributed by atoms with E-state index in [-0.39, 0.29) is 11.7 Å². The molecule has 0 radical (unpaired) electrons. The van der Waals surface area contributed by atoms with Crippen LogP contribution < -0.4 is 5.32 Å².